The van der Waals surface area contributed by atoms with Crippen LogP contribution in [-0.4, -0.2) is 49.6 Å². The first kappa shape index (κ1) is 16.4. The van der Waals surface area contributed by atoms with Crippen molar-refractivity contribution >= 4 is 11.8 Å². The molecule has 1 saturated heterocycles. The van der Waals surface area contributed by atoms with E-state index in [9.17, 15) is 9.59 Å². The number of nitrogens with zero attached hydrogens (tertiary/aromatic N) is 1. The maximum Gasteiger partial charge on any atom is 0.292 e. The Morgan fingerprint density at radius 2 is 2.17 bits per heavy atom. The highest BCUT2D eigenvalue weighted by molar-refractivity contribution is 5.92. The lowest BCUT2D eigenvalue weighted by Gasteiger charge is -2.34. The van der Waals surface area contributed by atoms with E-state index < -0.39 is 0 Å². The average molecular weight is 334 g/mol. The van der Waals surface area contributed by atoms with Gasteiger partial charge in [0.1, 0.15) is 19.0 Å². The summed E-state index contributed by atoms with van der Waals surface area (Å²) in [6.07, 6.45) is 3.34. The molecular formula is C17H22N2O5. The molecule has 3 heterocycles. The second-order valence-electron chi connectivity index (χ2n) is 6.03. The summed E-state index contributed by atoms with van der Waals surface area (Å²) < 4.78 is 15.9. The number of hydrogen-bond acceptors (Lipinski definition) is 5. The fourth-order valence-corrected chi connectivity index (χ4v) is 3.01. The highest BCUT2D eigenvalue weighted by Crippen LogP contribution is 2.21. The molecule has 24 heavy (non-hydrogen) atoms. The van der Waals surface area contributed by atoms with E-state index in [1.807, 2.05) is 0 Å². The maximum atomic E-state index is 12.6. The van der Waals surface area contributed by atoms with Gasteiger partial charge in [-0.3, -0.25) is 9.59 Å². The third-order valence-corrected chi connectivity index (χ3v) is 4.26. The molecule has 1 fully saturated rings. The molecule has 0 aromatic carbocycles. The van der Waals surface area contributed by atoms with E-state index >= 15 is 0 Å². The number of hydrogen-bond donors (Lipinski definition) is 1. The second-order valence-corrected chi connectivity index (χ2v) is 6.03. The molecule has 0 radical (unpaired) electrons. The quantitative estimate of drug-likeness (QED) is 0.903. The molecule has 0 spiro atoms. The zero-order valence-corrected chi connectivity index (χ0v) is 13.7. The van der Waals surface area contributed by atoms with Crippen molar-refractivity contribution in [2.75, 3.05) is 32.8 Å². The Kier molecular flexibility index (Phi) is 5.08. The molecule has 1 atom stereocenters. The lowest BCUT2D eigenvalue weighted by atomic mass is 9.97. The highest BCUT2D eigenvalue weighted by atomic mass is 16.6. The Labute approximate surface area is 140 Å². The Morgan fingerprint density at radius 1 is 1.33 bits per heavy atom. The fourth-order valence-electron chi connectivity index (χ4n) is 3.01. The molecule has 2 aliphatic rings. The number of carbonyl (C=O) groups excluding carboxylic acids is 2. The summed E-state index contributed by atoms with van der Waals surface area (Å²) >= 11 is 0. The third-order valence-electron chi connectivity index (χ3n) is 4.26. The molecule has 1 aromatic rings. The Bertz CT molecular complexity index is 623. The van der Waals surface area contributed by atoms with Gasteiger partial charge in [-0.1, -0.05) is 0 Å². The predicted octanol–water partition coefficient (Wildman–Crippen LogP) is 1.53. The van der Waals surface area contributed by atoms with Gasteiger partial charge in [-0.25, -0.2) is 0 Å². The molecule has 7 heteroatoms. The fraction of sp³-hybridized carbons (Fsp3) is 0.529. The summed E-state index contributed by atoms with van der Waals surface area (Å²) in [5, 5.41) is 2.86. The smallest absolute Gasteiger partial charge is 0.292 e. The summed E-state index contributed by atoms with van der Waals surface area (Å²) in [5.41, 5.74) is 0. The summed E-state index contributed by atoms with van der Waals surface area (Å²) in [5.74, 6) is 1.00. The molecule has 1 N–H and O–H groups in total. The van der Waals surface area contributed by atoms with Crippen LogP contribution in [0.15, 0.2) is 34.3 Å². The van der Waals surface area contributed by atoms with Crippen molar-refractivity contribution in [1.29, 1.82) is 0 Å². The minimum atomic E-state index is -0.231. The lowest BCUT2D eigenvalue weighted by molar-refractivity contribution is -0.134. The van der Waals surface area contributed by atoms with Crippen molar-refractivity contribution < 1.29 is 23.5 Å². The number of nitrogens with one attached hydrogen (secondary N) is 1. The third kappa shape index (κ3) is 3.72. The molecule has 3 rings (SSSR count). The summed E-state index contributed by atoms with van der Waals surface area (Å²) in [4.78, 5) is 26.3. The van der Waals surface area contributed by atoms with Crippen molar-refractivity contribution in [3.63, 3.8) is 0 Å². The van der Waals surface area contributed by atoms with Gasteiger partial charge in [0.2, 0.25) is 5.76 Å². The second kappa shape index (κ2) is 7.42. The largest absolute Gasteiger partial charge is 0.491 e. The lowest BCUT2D eigenvalue weighted by Crippen LogP contribution is -2.45. The number of allylic oxidation sites excluding steroid dienone is 1. The van der Waals surface area contributed by atoms with Crippen molar-refractivity contribution in [3.8, 4) is 0 Å². The molecule has 7 nitrogen and oxygen atoms in total. The van der Waals surface area contributed by atoms with Crippen LogP contribution in [0.3, 0.4) is 0 Å². The first-order valence-electron chi connectivity index (χ1n) is 8.22. The van der Waals surface area contributed by atoms with Gasteiger partial charge in [0.05, 0.1) is 6.26 Å². The molecule has 130 valence electrons. The Balaban J connectivity index is 1.54. The highest BCUT2D eigenvalue weighted by Gasteiger charge is 2.29. The molecule has 1 aromatic heterocycles. The van der Waals surface area contributed by atoms with E-state index in [-0.39, 0.29) is 17.7 Å². The van der Waals surface area contributed by atoms with Crippen LogP contribution in [0.4, 0.5) is 0 Å². The SMILES string of the molecule is CC1=C(C(=O)N2CCC[C@@H](CNC(=O)c3ccco3)C2)OCCO1. The van der Waals surface area contributed by atoms with E-state index in [0.717, 1.165) is 12.8 Å². The van der Waals surface area contributed by atoms with E-state index in [1.54, 1.807) is 24.0 Å². The van der Waals surface area contributed by atoms with Crippen LogP contribution in [-0.2, 0) is 14.3 Å². The van der Waals surface area contributed by atoms with E-state index in [2.05, 4.69) is 5.32 Å². The first-order chi connectivity index (χ1) is 11.6. The summed E-state index contributed by atoms with van der Waals surface area (Å²) in [7, 11) is 0. The molecule has 0 aliphatic carbocycles. The number of likely N-dealkylation sites (tertiary alicyclic amines) is 1. The Morgan fingerprint density at radius 3 is 2.92 bits per heavy atom. The Hall–Kier alpha value is -2.44. The summed E-state index contributed by atoms with van der Waals surface area (Å²) in [6, 6.07) is 3.31. The molecular weight excluding hydrogens is 312 g/mol. The topological polar surface area (TPSA) is 81.0 Å². The molecule has 2 amide bonds. The normalized spacial score (nSPS) is 21.0. The van der Waals surface area contributed by atoms with Gasteiger partial charge in [0, 0.05) is 19.6 Å². The number of ether oxygens (including phenoxy) is 2. The van der Waals surface area contributed by atoms with Gasteiger partial charge in [0.25, 0.3) is 11.8 Å². The van der Waals surface area contributed by atoms with Crippen LogP contribution < -0.4 is 5.32 Å². The van der Waals surface area contributed by atoms with E-state index in [4.69, 9.17) is 13.9 Å². The van der Waals surface area contributed by atoms with Crippen LogP contribution in [0.5, 0.6) is 0 Å². The van der Waals surface area contributed by atoms with Crippen molar-refractivity contribution in [1.82, 2.24) is 10.2 Å². The number of rotatable bonds is 4. The van der Waals surface area contributed by atoms with Crippen molar-refractivity contribution in [3.05, 3.63) is 35.7 Å². The van der Waals surface area contributed by atoms with Crippen LogP contribution in [0.25, 0.3) is 0 Å². The van der Waals surface area contributed by atoms with Gasteiger partial charge in [0.15, 0.2) is 5.76 Å². The van der Waals surface area contributed by atoms with Crippen LogP contribution in [0.1, 0.15) is 30.3 Å². The molecule has 0 unspecified atom stereocenters. The van der Waals surface area contributed by atoms with Gasteiger partial charge >= 0.3 is 0 Å². The minimum absolute atomic E-state index is 0.130. The number of carbonyl (C=O) groups is 2. The van der Waals surface area contributed by atoms with Gasteiger partial charge in [-0.15, -0.1) is 0 Å². The maximum absolute atomic E-state index is 12.6. The monoisotopic (exact) mass is 334 g/mol. The number of piperidine rings is 1. The first-order valence-corrected chi connectivity index (χ1v) is 8.22. The van der Waals surface area contributed by atoms with Gasteiger partial charge < -0.3 is 24.1 Å². The van der Waals surface area contributed by atoms with E-state index in [1.165, 1.54) is 6.26 Å². The molecule has 0 saturated carbocycles. The molecule has 0 bridgehead atoms. The zero-order valence-electron chi connectivity index (χ0n) is 13.7. The predicted molar refractivity (Wildman–Crippen MR) is 84.9 cm³/mol. The van der Waals surface area contributed by atoms with Crippen LogP contribution in [0, 0.1) is 5.92 Å². The van der Waals surface area contributed by atoms with E-state index in [0.29, 0.717) is 50.1 Å². The zero-order chi connectivity index (χ0) is 16.9. The minimum Gasteiger partial charge on any atom is -0.491 e. The summed E-state index contributed by atoms with van der Waals surface area (Å²) in [6.45, 7) is 4.42. The van der Waals surface area contributed by atoms with Gasteiger partial charge in [-0.05, 0) is 37.8 Å². The van der Waals surface area contributed by atoms with Crippen molar-refractivity contribution in [2.24, 2.45) is 5.92 Å². The van der Waals surface area contributed by atoms with Crippen LogP contribution in [0.2, 0.25) is 0 Å². The van der Waals surface area contributed by atoms with Crippen molar-refractivity contribution in [2.45, 2.75) is 19.8 Å². The number of furan rings is 1. The van der Waals surface area contributed by atoms with Gasteiger partial charge in [-0.2, -0.15) is 0 Å². The van der Waals surface area contributed by atoms with Crippen LogP contribution >= 0.6 is 0 Å². The average Bonchev–Trinajstić information content (AvgIpc) is 3.14. The number of amides is 2. The standard InChI is InChI=1S/C17H22N2O5/c1-12-15(24-9-8-22-12)17(21)19-6-2-4-13(11-19)10-18-16(20)14-5-3-7-23-14/h3,5,7,13H,2,4,6,8-11H2,1H3,(H,18,20)/t13-/m0/s1. The molecule has 2 aliphatic heterocycles.